The molecule has 1 rings (SSSR count). The Labute approximate surface area is 116 Å². The summed E-state index contributed by atoms with van der Waals surface area (Å²) in [5.41, 5.74) is 6.91. The smallest absolute Gasteiger partial charge is 0.223 e. The van der Waals surface area contributed by atoms with Gasteiger partial charge < -0.3 is 15.8 Å². The summed E-state index contributed by atoms with van der Waals surface area (Å²) in [6.45, 7) is 2.34. The number of halogens is 1. The molecule has 18 heavy (non-hydrogen) atoms. The van der Waals surface area contributed by atoms with Crippen LogP contribution in [0.1, 0.15) is 18.9 Å². The van der Waals surface area contributed by atoms with Crippen LogP contribution < -0.4 is 15.8 Å². The van der Waals surface area contributed by atoms with Crippen LogP contribution in [0.3, 0.4) is 0 Å². The fourth-order valence-electron chi connectivity index (χ4n) is 1.54. The minimum atomic E-state index is -0.0281. The molecule has 0 saturated heterocycles. The first kappa shape index (κ1) is 15.0. The van der Waals surface area contributed by atoms with Gasteiger partial charge in [-0.1, -0.05) is 6.07 Å². The molecule has 3 N–H and O–H groups in total. The number of nitrogens with two attached hydrogens (primary N) is 1. The van der Waals surface area contributed by atoms with Gasteiger partial charge in [0, 0.05) is 13.1 Å². The molecule has 0 fully saturated rings. The van der Waals surface area contributed by atoms with Crippen molar-refractivity contribution >= 4 is 21.8 Å². The predicted octanol–water partition coefficient (Wildman–Crippen LogP) is 1.85. The second-order valence-corrected chi connectivity index (χ2v) is 5.07. The quantitative estimate of drug-likeness (QED) is 0.842. The first-order chi connectivity index (χ1) is 8.52. The average Bonchev–Trinajstić information content (AvgIpc) is 2.31. The van der Waals surface area contributed by atoms with Crippen LogP contribution in [0.15, 0.2) is 22.7 Å². The van der Waals surface area contributed by atoms with E-state index >= 15 is 0 Å². The lowest BCUT2D eigenvalue weighted by Crippen LogP contribution is -2.20. The van der Waals surface area contributed by atoms with E-state index in [-0.39, 0.29) is 11.9 Å². The minimum absolute atomic E-state index is 0.0281. The van der Waals surface area contributed by atoms with Crippen molar-refractivity contribution in [1.29, 1.82) is 0 Å². The molecule has 5 heteroatoms. The average molecular weight is 315 g/mol. The predicted molar refractivity (Wildman–Crippen MR) is 75.7 cm³/mol. The Hall–Kier alpha value is -1.07. The molecule has 0 aliphatic rings. The molecule has 0 heterocycles. The van der Waals surface area contributed by atoms with Gasteiger partial charge in [-0.2, -0.15) is 0 Å². The van der Waals surface area contributed by atoms with Gasteiger partial charge >= 0.3 is 0 Å². The zero-order valence-corrected chi connectivity index (χ0v) is 12.3. The number of rotatable bonds is 6. The summed E-state index contributed by atoms with van der Waals surface area (Å²) in [7, 11) is 1.61. The Kier molecular flexibility index (Phi) is 6.15. The molecule has 1 atom stereocenters. The van der Waals surface area contributed by atoms with E-state index in [2.05, 4.69) is 21.2 Å². The normalized spacial score (nSPS) is 12.0. The molecule has 0 saturated carbocycles. The lowest BCUT2D eigenvalue weighted by atomic mass is 10.1. The number of carbonyl (C=O) groups excluding carboxylic acids is 1. The maximum Gasteiger partial charge on any atom is 0.223 e. The summed E-state index contributed by atoms with van der Waals surface area (Å²) < 4.78 is 6.42. The summed E-state index contributed by atoms with van der Waals surface area (Å²) in [5.74, 6) is 0.715. The Morgan fingerprint density at radius 2 is 2.28 bits per heavy atom. The van der Waals surface area contributed by atoms with E-state index in [1.165, 1.54) is 0 Å². The van der Waals surface area contributed by atoms with Gasteiger partial charge in [0.2, 0.25) is 5.91 Å². The number of carbonyl (C=O) groups is 1. The maximum absolute atomic E-state index is 11.0. The monoisotopic (exact) mass is 314 g/mol. The lowest BCUT2D eigenvalue weighted by molar-refractivity contribution is -0.121. The van der Waals surface area contributed by atoms with Crippen molar-refractivity contribution in [2.45, 2.75) is 25.8 Å². The van der Waals surface area contributed by atoms with Crippen LogP contribution >= 0.6 is 15.9 Å². The number of hydrogen-bond acceptors (Lipinski definition) is 3. The third kappa shape index (κ3) is 5.06. The zero-order chi connectivity index (χ0) is 13.5. The third-order valence-electron chi connectivity index (χ3n) is 2.42. The van der Waals surface area contributed by atoms with Crippen LogP contribution in [0.5, 0.6) is 5.75 Å². The minimum Gasteiger partial charge on any atom is -0.492 e. The molecular weight excluding hydrogens is 296 g/mol. The highest BCUT2D eigenvalue weighted by Gasteiger charge is 2.05. The van der Waals surface area contributed by atoms with Crippen LogP contribution in [0.2, 0.25) is 0 Å². The van der Waals surface area contributed by atoms with Crippen molar-refractivity contribution < 1.29 is 9.53 Å². The number of benzene rings is 1. The van der Waals surface area contributed by atoms with Gasteiger partial charge in [-0.15, -0.1) is 0 Å². The highest BCUT2D eigenvalue weighted by Crippen LogP contribution is 2.26. The molecule has 0 radical (unpaired) electrons. The van der Waals surface area contributed by atoms with E-state index < -0.39 is 0 Å². The first-order valence-electron chi connectivity index (χ1n) is 5.90. The molecule has 0 aromatic heterocycles. The van der Waals surface area contributed by atoms with E-state index in [1.807, 2.05) is 25.1 Å². The van der Waals surface area contributed by atoms with Crippen molar-refractivity contribution in [3.63, 3.8) is 0 Å². The fourth-order valence-corrected chi connectivity index (χ4v) is 2.08. The Balaban J connectivity index is 2.54. The molecule has 4 nitrogen and oxygen atoms in total. The Bertz CT molecular complexity index is 408. The van der Waals surface area contributed by atoms with Gasteiger partial charge in [0.1, 0.15) is 5.75 Å². The number of nitrogens with one attached hydrogen (secondary N) is 1. The molecule has 1 aromatic carbocycles. The number of hydrogen-bond donors (Lipinski definition) is 2. The standard InChI is InChI=1S/C13H19BrN2O2/c1-9(15)7-10-3-4-12(11(14)8-10)18-6-5-13(17)16-2/h3-4,8-9H,5-7,15H2,1-2H3,(H,16,17). The van der Waals surface area contributed by atoms with E-state index in [4.69, 9.17) is 10.5 Å². The molecule has 1 unspecified atom stereocenters. The SMILES string of the molecule is CNC(=O)CCOc1ccc(CC(C)N)cc1Br. The van der Waals surface area contributed by atoms with Gasteiger partial charge in [0.05, 0.1) is 17.5 Å². The van der Waals surface area contributed by atoms with Crippen LogP contribution in [0.4, 0.5) is 0 Å². The van der Waals surface area contributed by atoms with Gasteiger partial charge in [-0.25, -0.2) is 0 Å². The summed E-state index contributed by atoms with van der Waals surface area (Å²) >= 11 is 3.45. The van der Waals surface area contributed by atoms with Crippen molar-refractivity contribution in [3.8, 4) is 5.75 Å². The summed E-state index contributed by atoms with van der Waals surface area (Å²) in [4.78, 5) is 11.0. The molecule has 0 bridgehead atoms. The van der Waals surface area contributed by atoms with Crippen LogP contribution in [0, 0.1) is 0 Å². The van der Waals surface area contributed by atoms with Crippen molar-refractivity contribution in [2.24, 2.45) is 5.73 Å². The zero-order valence-electron chi connectivity index (χ0n) is 10.7. The van der Waals surface area contributed by atoms with Crippen LogP contribution in [-0.2, 0) is 11.2 Å². The number of ether oxygens (including phenoxy) is 1. The Morgan fingerprint density at radius 3 is 2.83 bits per heavy atom. The summed E-state index contributed by atoms with van der Waals surface area (Å²) in [6.07, 6.45) is 1.18. The second kappa shape index (κ2) is 7.38. The molecule has 1 aromatic rings. The largest absolute Gasteiger partial charge is 0.492 e. The van der Waals surface area contributed by atoms with E-state index in [1.54, 1.807) is 7.05 Å². The number of amides is 1. The molecule has 100 valence electrons. The van der Waals surface area contributed by atoms with Gasteiger partial charge in [-0.05, 0) is 47.0 Å². The maximum atomic E-state index is 11.0. The molecule has 0 aliphatic heterocycles. The highest BCUT2D eigenvalue weighted by molar-refractivity contribution is 9.10. The molecular formula is C13H19BrN2O2. The van der Waals surface area contributed by atoms with E-state index in [9.17, 15) is 4.79 Å². The second-order valence-electron chi connectivity index (χ2n) is 4.22. The molecule has 0 aliphatic carbocycles. The van der Waals surface area contributed by atoms with Crippen molar-refractivity contribution in [2.75, 3.05) is 13.7 Å². The third-order valence-corrected chi connectivity index (χ3v) is 3.04. The van der Waals surface area contributed by atoms with Crippen molar-refractivity contribution in [3.05, 3.63) is 28.2 Å². The topological polar surface area (TPSA) is 64.3 Å². The highest BCUT2D eigenvalue weighted by atomic mass is 79.9. The van der Waals surface area contributed by atoms with Gasteiger partial charge in [-0.3, -0.25) is 4.79 Å². The lowest BCUT2D eigenvalue weighted by Gasteiger charge is -2.10. The summed E-state index contributed by atoms with van der Waals surface area (Å²) in [5, 5.41) is 2.55. The molecule has 0 spiro atoms. The molecule has 1 amide bonds. The van der Waals surface area contributed by atoms with Gasteiger partial charge in [0.25, 0.3) is 0 Å². The van der Waals surface area contributed by atoms with Crippen LogP contribution in [0.25, 0.3) is 0 Å². The van der Waals surface area contributed by atoms with E-state index in [0.29, 0.717) is 13.0 Å². The van der Waals surface area contributed by atoms with Crippen molar-refractivity contribution in [1.82, 2.24) is 5.32 Å². The van der Waals surface area contributed by atoms with Gasteiger partial charge in [0.15, 0.2) is 0 Å². The van der Waals surface area contributed by atoms with E-state index in [0.717, 1.165) is 22.2 Å². The Morgan fingerprint density at radius 1 is 1.56 bits per heavy atom. The summed E-state index contributed by atoms with van der Waals surface area (Å²) in [6, 6.07) is 6.02. The van der Waals surface area contributed by atoms with Crippen LogP contribution in [-0.4, -0.2) is 25.6 Å². The first-order valence-corrected chi connectivity index (χ1v) is 6.69. The fraction of sp³-hybridized carbons (Fsp3) is 0.462.